The van der Waals surface area contributed by atoms with Gasteiger partial charge in [0.25, 0.3) is 0 Å². The summed E-state index contributed by atoms with van der Waals surface area (Å²) >= 11 is 0.926. The minimum atomic E-state index is -4.50. The molecule has 0 aliphatic carbocycles. The summed E-state index contributed by atoms with van der Waals surface area (Å²) in [6.07, 6.45) is -2.64. The fraction of sp³-hybridized carbons (Fsp3) is 0.312. The van der Waals surface area contributed by atoms with E-state index in [-0.39, 0.29) is 33.6 Å². The Hall–Kier alpha value is -1.75. The second kappa shape index (κ2) is 7.34. The number of rotatable bonds is 4. The number of hydrogen-bond donors (Lipinski definition) is 1. The molecule has 2 heterocycles. The molecule has 0 fully saturated rings. The minimum Gasteiger partial charge on any atom is -0.438 e. The van der Waals surface area contributed by atoms with Crippen molar-refractivity contribution in [2.45, 2.75) is 29.5 Å². The lowest BCUT2D eigenvalue weighted by Crippen LogP contribution is -2.25. The van der Waals surface area contributed by atoms with E-state index in [0.717, 1.165) is 12.3 Å². The van der Waals surface area contributed by atoms with Crippen LogP contribution in [-0.4, -0.2) is 22.4 Å². The zero-order chi connectivity index (χ0) is 19.8. The number of fused-ring (bicyclic) bond motifs is 1. The topological polar surface area (TPSA) is 38.1 Å². The minimum absolute atomic E-state index is 0.0515. The summed E-state index contributed by atoms with van der Waals surface area (Å²) in [5, 5.41) is 2.63. The van der Waals surface area contributed by atoms with Gasteiger partial charge < -0.3 is 9.73 Å². The molecule has 3 rings (SSSR count). The van der Waals surface area contributed by atoms with E-state index in [1.54, 1.807) is 6.92 Å². The van der Waals surface area contributed by atoms with E-state index in [1.807, 2.05) is 0 Å². The monoisotopic (exact) mass is 426 g/mol. The highest BCUT2D eigenvalue weighted by Gasteiger charge is 2.36. The van der Waals surface area contributed by atoms with Crippen LogP contribution in [0.3, 0.4) is 0 Å². The standard InChI is InChI=1S/C16H12F6N2OS2/c1-2-26-12-5-8(15(17,18)19)7-23-13(12)14-24-10-6-9(27-16(20,21)22)3-4-11(10)25-14/h3-7,13,23H,2H2,1H3. The van der Waals surface area contributed by atoms with Gasteiger partial charge in [0, 0.05) is 16.0 Å². The Labute approximate surface area is 158 Å². The quantitative estimate of drug-likeness (QED) is 0.468. The average molecular weight is 426 g/mol. The van der Waals surface area contributed by atoms with Gasteiger partial charge in [0.2, 0.25) is 5.89 Å². The molecule has 11 heteroatoms. The number of alkyl halides is 6. The molecule has 1 N–H and O–H groups in total. The van der Waals surface area contributed by atoms with Crippen LogP contribution in [0.15, 0.2) is 50.3 Å². The molecule has 3 nitrogen and oxygen atoms in total. The Bertz CT molecular complexity index is 900. The van der Waals surface area contributed by atoms with Crippen molar-refractivity contribution in [2.75, 3.05) is 5.75 Å². The first-order chi connectivity index (χ1) is 12.6. The Balaban J connectivity index is 1.92. The van der Waals surface area contributed by atoms with Crippen molar-refractivity contribution in [1.82, 2.24) is 10.3 Å². The molecule has 1 aliphatic heterocycles. The first-order valence-electron chi connectivity index (χ1n) is 7.61. The zero-order valence-electron chi connectivity index (χ0n) is 13.6. The third kappa shape index (κ3) is 4.75. The number of nitrogens with zero attached hydrogens (tertiary/aromatic N) is 1. The van der Waals surface area contributed by atoms with Crippen LogP contribution in [0.25, 0.3) is 11.1 Å². The SMILES string of the molecule is CCSC1=CC(C(F)(F)F)=CNC1c1nc2cc(SC(F)(F)F)ccc2o1. The van der Waals surface area contributed by atoms with Crippen molar-refractivity contribution in [3.63, 3.8) is 0 Å². The molecule has 1 unspecified atom stereocenters. The van der Waals surface area contributed by atoms with Gasteiger partial charge in [0.05, 0.1) is 5.57 Å². The Kier molecular flexibility index (Phi) is 5.44. The van der Waals surface area contributed by atoms with Crippen molar-refractivity contribution in [2.24, 2.45) is 0 Å². The van der Waals surface area contributed by atoms with Crippen LogP contribution in [0, 0.1) is 0 Å². The van der Waals surface area contributed by atoms with Gasteiger partial charge in [-0.25, -0.2) is 4.98 Å². The van der Waals surface area contributed by atoms with Crippen molar-refractivity contribution in [3.8, 4) is 0 Å². The fourth-order valence-electron chi connectivity index (χ4n) is 2.43. The van der Waals surface area contributed by atoms with E-state index in [1.165, 1.54) is 30.0 Å². The largest absolute Gasteiger partial charge is 0.446 e. The van der Waals surface area contributed by atoms with Gasteiger partial charge in [0.1, 0.15) is 11.6 Å². The molecule has 0 spiro atoms. The molecule has 1 aliphatic rings. The molecule has 27 heavy (non-hydrogen) atoms. The van der Waals surface area contributed by atoms with Crippen LogP contribution in [0.2, 0.25) is 0 Å². The van der Waals surface area contributed by atoms with Crippen LogP contribution in [0.1, 0.15) is 18.9 Å². The van der Waals surface area contributed by atoms with E-state index in [9.17, 15) is 26.3 Å². The highest BCUT2D eigenvalue weighted by atomic mass is 32.2. The smallest absolute Gasteiger partial charge is 0.438 e. The van der Waals surface area contributed by atoms with Gasteiger partial charge in [-0.1, -0.05) is 6.92 Å². The Morgan fingerprint density at radius 2 is 1.93 bits per heavy atom. The molecule has 146 valence electrons. The van der Waals surface area contributed by atoms with Gasteiger partial charge in [-0.15, -0.1) is 11.8 Å². The predicted molar refractivity (Wildman–Crippen MR) is 92.2 cm³/mol. The van der Waals surface area contributed by atoms with Gasteiger partial charge in [-0.05, 0) is 41.8 Å². The van der Waals surface area contributed by atoms with Crippen molar-refractivity contribution in [3.05, 3.63) is 46.8 Å². The Morgan fingerprint density at radius 1 is 1.19 bits per heavy atom. The summed E-state index contributed by atoms with van der Waals surface area (Å²) < 4.78 is 81.9. The summed E-state index contributed by atoms with van der Waals surface area (Å²) in [6, 6.07) is 3.10. The van der Waals surface area contributed by atoms with Crippen LogP contribution in [0.4, 0.5) is 26.3 Å². The fourth-order valence-corrected chi connectivity index (χ4v) is 3.88. The average Bonchev–Trinajstić information content (AvgIpc) is 2.95. The molecule has 0 bridgehead atoms. The van der Waals surface area contributed by atoms with Crippen molar-refractivity contribution >= 4 is 34.6 Å². The summed E-state index contributed by atoms with van der Waals surface area (Å²) in [5.74, 6) is 0.616. The van der Waals surface area contributed by atoms with E-state index in [2.05, 4.69) is 10.3 Å². The first-order valence-corrected chi connectivity index (χ1v) is 9.41. The van der Waals surface area contributed by atoms with Gasteiger partial charge in [-0.2, -0.15) is 26.3 Å². The van der Waals surface area contributed by atoms with Gasteiger partial charge >= 0.3 is 11.7 Å². The Morgan fingerprint density at radius 3 is 2.56 bits per heavy atom. The first kappa shape index (κ1) is 20.0. The predicted octanol–water partition coefficient (Wildman–Crippen LogP) is 6.17. The van der Waals surface area contributed by atoms with Crippen molar-refractivity contribution < 1.29 is 30.8 Å². The summed E-state index contributed by atoms with van der Waals surface area (Å²) in [7, 11) is 0. The van der Waals surface area contributed by atoms with E-state index < -0.39 is 23.3 Å². The third-order valence-electron chi connectivity index (χ3n) is 3.48. The number of halogens is 6. The van der Waals surface area contributed by atoms with Gasteiger partial charge in [0.15, 0.2) is 5.58 Å². The van der Waals surface area contributed by atoms with E-state index in [0.29, 0.717) is 10.7 Å². The lowest BCUT2D eigenvalue weighted by atomic mass is 10.1. The normalized spacial score (nSPS) is 18.3. The van der Waals surface area contributed by atoms with Crippen LogP contribution >= 0.6 is 23.5 Å². The lowest BCUT2D eigenvalue weighted by Gasteiger charge is -2.23. The third-order valence-corrected chi connectivity index (χ3v) is 5.18. The number of thioether (sulfide) groups is 2. The molecule has 1 atom stereocenters. The zero-order valence-corrected chi connectivity index (χ0v) is 15.2. The number of hydrogen-bond acceptors (Lipinski definition) is 5. The molecular weight excluding hydrogens is 414 g/mol. The molecule has 1 aromatic heterocycles. The summed E-state index contributed by atoms with van der Waals surface area (Å²) in [5.41, 5.74) is -4.80. The highest BCUT2D eigenvalue weighted by Crippen LogP contribution is 2.40. The number of dihydropyridines is 1. The van der Waals surface area contributed by atoms with Crippen LogP contribution in [-0.2, 0) is 0 Å². The summed E-state index contributed by atoms with van der Waals surface area (Å²) in [6.45, 7) is 1.79. The highest BCUT2D eigenvalue weighted by molar-refractivity contribution is 8.03. The second-order valence-corrected chi connectivity index (χ2v) is 7.88. The number of aromatic nitrogens is 1. The van der Waals surface area contributed by atoms with Crippen molar-refractivity contribution in [1.29, 1.82) is 0 Å². The molecule has 2 aromatic rings. The maximum atomic E-state index is 12.9. The molecule has 1 aromatic carbocycles. The number of nitrogens with one attached hydrogen (secondary N) is 1. The van der Waals surface area contributed by atoms with E-state index in [4.69, 9.17) is 4.42 Å². The lowest BCUT2D eigenvalue weighted by molar-refractivity contribution is -0.0889. The van der Waals surface area contributed by atoms with Gasteiger partial charge in [-0.3, -0.25) is 0 Å². The molecule has 0 amide bonds. The summed E-state index contributed by atoms with van der Waals surface area (Å²) in [4.78, 5) is 4.49. The maximum Gasteiger partial charge on any atom is 0.446 e. The van der Waals surface area contributed by atoms with Crippen LogP contribution < -0.4 is 5.32 Å². The maximum absolute atomic E-state index is 12.9. The molecule has 0 saturated carbocycles. The molecule has 0 saturated heterocycles. The number of benzene rings is 1. The van der Waals surface area contributed by atoms with E-state index >= 15 is 0 Å². The number of oxazole rings is 1. The second-order valence-electron chi connectivity index (χ2n) is 5.41. The molecule has 0 radical (unpaired) electrons. The molecular formula is C16H12F6N2OS2. The number of allylic oxidation sites excluding steroid dienone is 2. The van der Waals surface area contributed by atoms with Crippen LogP contribution in [0.5, 0.6) is 0 Å².